The van der Waals surface area contributed by atoms with Crippen molar-refractivity contribution in [2.45, 2.75) is 52.2 Å². The molecule has 1 unspecified atom stereocenters. The van der Waals surface area contributed by atoms with Crippen LogP contribution in [0.4, 0.5) is 13.2 Å². The van der Waals surface area contributed by atoms with Crippen LogP contribution in [-0.4, -0.2) is 37.7 Å². The first-order chi connectivity index (χ1) is 15.9. The molecular formula is C25H31F3N2O3S. The minimum atomic E-state index is -4.38. The number of rotatable bonds is 6. The van der Waals surface area contributed by atoms with Crippen LogP contribution in [0.2, 0.25) is 0 Å². The van der Waals surface area contributed by atoms with E-state index in [0.717, 1.165) is 41.8 Å². The number of ether oxygens (including phenoxy) is 1. The Morgan fingerprint density at radius 2 is 1.79 bits per heavy atom. The molecule has 0 N–H and O–H groups in total. The molecule has 0 spiro atoms. The molecule has 0 saturated heterocycles. The number of nitrogens with zero attached hydrogens (tertiary/aromatic N) is 2. The number of sulfone groups is 1. The summed E-state index contributed by atoms with van der Waals surface area (Å²) in [6.07, 6.45) is 0.772. The third-order valence-electron chi connectivity index (χ3n) is 5.36. The fraction of sp³-hybridized carbons (Fsp3) is 0.400. The average Bonchev–Trinajstić information content (AvgIpc) is 2.79. The van der Waals surface area contributed by atoms with Crippen molar-refractivity contribution in [3.63, 3.8) is 0 Å². The van der Waals surface area contributed by atoms with Crippen molar-refractivity contribution in [1.82, 2.24) is 4.90 Å². The fourth-order valence-electron chi connectivity index (χ4n) is 3.30. The van der Waals surface area contributed by atoms with Gasteiger partial charge in [-0.3, -0.25) is 4.99 Å². The van der Waals surface area contributed by atoms with Gasteiger partial charge in [0, 0.05) is 36.8 Å². The van der Waals surface area contributed by atoms with Crippen molar-refractivity contribution in [2.24, 2.45) is 4.99 Å². The summed E-state index contributed by atoms with van der Waals surface area (Å²) >= 11 is 0. The van der Waals surface area contributed by atoms with E-state index in [1.807, 2.05) is 39.0 Å². The summed E-state index contributed by atoms with van der Waals surface area (Å²) in [5, 5.41) is -0.793. The molecule has 0 bridgehead atoms. The van der Waals surface area contributed by atoms with Gasteiger partial charge in [-0.15, -0.1) is 0 Å². The number of fused-ring (bicyclic) bond motifs is 1. The second kappa shape index (κ2) is 11.6. The smallest absolute Gasteiger partial charge is 0.416 e. The molecule has 0 aromatic heterocycles. The van der Waals surface area contributed by atoms with Gasteiger partial charge in [-0.2, -0.15) is 13.2 Å². The van der Waals surface area contributed by atoms with Gasteiger partial charge in [0.2, 0.25) is 0 Å². The third-order valence-corrected chi connectivity index (χ3v) is 6.72. The molecule has 0 fully saturated rings. The first kappa shape index (κ1) is 27.4. The lowest BCUT2D eigenvalue weighted by Crippen LogP contribution is -2.29. The molecule has 1 aliphatic heterocycles. The first-order valence-electron chi connectivity index (χ1n) is 11.0. The molecule has 186 valence electrons. The zero-order valence-electron chi connectivity index (χ0n) is 20.1. The molecule has 0 saturated carbocycles. The molecule has 1 aliphatic rings. The maximum Gasteiger partial charge on any atom is 0.416 e. The van der Waals surface area contributed by atoms with Gasteiger partial charge < -0.3 is 9.64 Å². The second-order valence-corrected chi connectivity index (χ2v) is 10.1. The summed E-state index contributed by atoms with van der Waals surface area (Å²) in [5.74, 6) is 0.980. The van der Waals surface area contributed by atoms with Gasteiger partial charge >= 0.3 is 6.18 Å². The van der Waals surface area contributed by atoms with E-state index >= 15 is 0 Å². The Bertz CT molecular complexity index is 1130. The molecule has 0 amide bonds. The number of aliphatic imine (C=N–C) groups is 1. The standard InChI is InChI=1S/C23H25F3N2O3S.C2H6/c1-16(11-13-27-17(2)32(3,29)30)28-14-12-21-18(15-28)5-4-6-22(21)31-20-9-7-19(8-10-20)23(24,25)26;1-2/h4-11,13,17H,12,14-15H2,1-3H3;1-2H3/b16-11+,27-13-;. The summed E-state index contributed by atoms with van der Waals surface area (Å²) in [5.41, 5.74) is 2.33. The molecule has 5 nitrogen and oxygen atoms in total. The summed E-state index contributed by atoms with van der Waals surface area (Å²) in [6.45, 7) is 8.82. The monoisotopic (exact) mass is 496 g/mol. The lowest BCUT2D eigenvalue weighted by Gasteiger charge is -2.32. The van der Waals surface area contributed by atoms with Crippen molar-refractivity contribution in [3.8, 4) is 11.5 Å². The van der Waals surface area contributed by atoms with Crippen molar-refractivity contribution in [2.75, 3.05) is 12.8 Å². The molecule has 9 heteroatoms. The Balaban J connectivity index is 0.00000199. The highest BCUT2D eigenvalue weighted by molar-refractivity contribution is 7.91. The number of halogens is 3. The van der Waals surface area contributed by atoms with Gasteiger partial charge in [0.1, 0.15) is 16.9 Å². The quantitative estimate of drug-likeness (QED) is 0.444. The predicted octanol–water partition coefficient (Wildman–Crippen LogP) is 6.25. The Kier molecular flexibility index (Phi) is 9.32. The topological polar surface area (TPSA) is 59.0 Å². The maximum atomic E-state index is 12.8. The highest BCUT2D eigenvalue weighted by Crippen LogP contribution is 2.34. The van der Waals surface area contributed by atoms with E-state index in [-0.39, 0.29) is 0 Å². The minimum Gasteiger partial charge on any atom is -0.457 e. The normalized spacial score (nSPS) is 15.4. The van der Waals surface area contributed by atoms with E-state index in [9.17, 15) is 21.6 Å². The lowest BCUT2D eigenvalue weighted by molar-refractivity contribution is -0.137. The van der Waals surface area contributed by atoms with Crippen LogP contribution in [-0.2, 0) is 29.0 Å². The zero-order chi connectivity index (χ0) is 25.5. The van der Waals surface area contributed by atoms with Crippen LogP contribution in [0.1, 0.15) is 44.4 Å². The molecule has 2 aromatic rings. The first-order valence-corrected chi connectivity index (χ1v) is 13.0. The Morgan fingerprint density at radius 1 is 1.15 bits per heavy atom. The van der Waals surface area contributed by atoms with Crippen LogP contribution in [0.15, 0.2) is 59.2 Å². The third kappa shape index (κ3) is 7.35. The van der Waals surface area contributed by atoms with E-state index in [1.54, 1.807) is 6.08 Å². The SMILES string of the molecule is C/C(=C\C=N/C(C)S(C)(=O)=O)N1CCc2c(cccc2Oc2ccc(C(F)(F)F)cc2)C1.CC. The summed E-state index contributed by atoms with van der Waals surface area (Å²) in [4.78, 5) is 6.20. The predicted molar refractivity (Wildman–Crippen MR) is 130 cm³/mol. The van der Waals surface area contributed by atoms with Crippen LogP contribution in [0.5, 0.6) is 11.5 Å². The van der Waals surface area contributed by atoms with Crippen LogP contribution in [0, 0.1) is 0 Å². The van der Waals surface area contributed by atoms with E-state index in [1.165, 1.54) is 25.3 Å². The van der Waals surface area contributed by atoms with Crippen molar-refractivity contribution in [3.05, 3.63) is 70.9 Å². The molecule has 1 heterocycles. The van der Waals surface area contributed by atoms with Crippen molar-refractivity contribution >= 4 is 16.1 Å². The summed E-state index contributed by atoms with van der Waals surface area (Å²) in [7, 11) is -3.22. The molecule has 1 atom stereocenters. The molecule has 0 aliphatic carbocycles. The number of allylic oxidation sites excluding steroid dienone is 2. The van der Waals surface area contributed by atoms with Crippen molar-refractivity contribution in [1.29, 1.82) is 0 Å². The molecule has 2 aromatic carbocycles. The van der Waals surface area contributed by atoms with E-state index < -0.39 is 27.0 Å². The van der Waals surface area contributed by atoms with Gasteiger partial charge in [-0.25, -0.2) is 8.42 Å². The summed E-state index contributed by atoms with van der Waals surface area (Å²) in [6, 6.07) is 10.3. The zero-order valence-corrected chi connectivity index (χ0v) is 20.9. The second-order valence-electron chi connectivity index (χ2n) is 7.72. The number of hydrogen-bond donors (Lipinski definition) is 0. The summed E-state index contributed by atoms with van der Waals surface area (Å²) < 4.78 is 67.1. The number of hydrogen-bond acceptors (Lipinski definition) is 5. The van der Waals surface area contributed by atoms with Crippen molar-refractivity contribution < 1.29 is 26.3 Å². The van der Waals surface area contributed by atoms with Gasteiger partial charge in [-0.1, -0.05) is 26.0 Å². The van der Waals surface area contributed by atoms with E-state index in [4.69, 9.17) is 4.74 Å². The Hall–Kier alpha value is -2.81. The fourth-order valence-corrected chi connectivity index (χ4v) is 3.59. The van der Waals surface area contributed by atoms with E-state index in [0.29, 0.717) is 24.5 Å². The minimum absolute atomic E-state index is 0.348. The molecule has 0 radical (unpaired) electrons. The van der Waals surface area contributed by atoms with Crippen LogP contribution < -0.4 is 4.74 Å². The van der Waals surface area contributed by atoms with Crippen LogP contribution >= 0.6 is 0 Å². The van der Waals surface area contributed by atoms with Crippen LogP contribution in [0.25, 0.3) is 0 Å². The van der Waals surface area contributed by atoms with Gasteiger partial charge in [-0.05, 0) is 62.2 Å². The lowest BCUT2D eigenvalue weighted by atomic mass is 9.98. The maximum absolute atomic E-state index is 12.8. The van der Waals surface area contributed by atoms with Gasteiger partial charge in [0.25, 0.3) is 0 Å². The largest absolute Gasteiger partial charge is 0.457 e. The number of benzene rings is 2. The Morgan fingerprint density at radius 3 is 2.38 bits per heavy atom. The number of alkyl halides is 3. The highest BCUT2D eigenvalue weighted by Gasteiger charge is 2.30. The van der Waals surface area contributed by atoms with Crippen LogP contribution in [0.3, 0.4) is 0 Å². The Labute approximate surface area is 199 Å². The molecular weight excluding hydrogens is 465 g/mol. The average molecular weight is 497 g/mol. The van der Waals surface area contributed by atoms with E-state index in [2.05, 4.69) is 9.89 Å². The van der Waals surface area contributed by atoms with Gasteiger partial charge in [0.05, 0.1) is 5.56 Å². The molecule has 34 heavy (non-hydrogen) atoms. The molecule has 3 rings (SSSR count). The highest BCUT2D eigenvalue weighted by atomic mass is 32.2. The van der Waals surface area contributed by atoms with Gasteiger partial charge in [0.15, 0.2) is 9.84 Å².